The lowest BCUT2D eigenvalue weighted by atomic mass is 9.82. The first-order valence-electron chi connectivity index (χ1n) is 4.65. The molecule has 0 amide bonds. The Morgan fingerprint density at radius 3 is 2.57 bits per heavy atom. The van der Waals surface area contributed by atoms with E-state index < -0.39 is 11.5 Å². The molecule has 0 atom stereocenters. The SMILES string of the molecule is O=C(O)c1ccc(C2CCC2)[nH]c1=O. The molecule has 0 saturated heterocycles. The summed E-state index contributed by atoms with van der Waals surface area (Å²) < 4.78 is 0. The smallest absolute Gasteiger partial charge is 0.341 e. The quantitative estimate of drug-likeness (QED) is 0.744. The van der Waals surface area contributed by atoms with Gasteiger partial charge in [-0.15, -0.1) is 0 Å². The second kappa shape index (κ2) is 3.29. The van der Waals surface area contributed by atoms with Crippen molar-refractivity contribution in [2.45, 2.75) is 25.2 Å². The number of aromatic carboxylic acids is 1. The van der Waals surface area contributed by atoms with Gasteiger partial charge in [-0.25, -0.2) is 4.79 Å². The number of hydrogen-bond donors (Lipinski definition) is 2. The minimum absolute atomic E-state index is 0.187. The number of H-pyrrole nitrogens is 1. The summed E-state index contributed by atoms with van der Waals surface area (Å²) in [6.45, 7) is 0. The number of aromatic nitrogens is 1. The zero-order valence-electron chi connectivity index (χ0n) is 7.62. The van der Waals surface area contributed by atoms with Crippen LogP contribution in [0.25, 0.3) is 0 Å². The number of aromatic amines is 1. The Kier molecular flexibility index (Phi) is 2.11. The van der Waals surface area contributed by atoms with Gasteiger partial charge in [-0.3, -0.25) is 4.79 Å². The Balaban J connectivity index is 2.35. The largest absolute Gasteiger partial charge is 0.477 e. The second-order valence-corrected chi connectivity index (χ2v) is 3.59. The number of pyridine rings is 1. The summed E-state index contributed by atoms with van der Waals surface area (Å²) in [4.78, 5) is 24.5. The van der Waals surface area contributed by atoms with E-state index in [0.717, 1.165) is 18.5 Å². The van der Waals surface area contributed by atoms with Crippen LogP contribution in [0.1, 0.15) is 41.2 Å². The third-order valence-electron chi connectivity index (χ3n) is 2.71. The molecule has 1 aliphatic carbocycles. The predicted molar refractivity (Wildman–Crippen MR) is 50.6 cm³/mol. The lowest BCUT2D eigenvalue weighted by molar-refractivity contribution is 0.0695. The average molecular weight is 193 g/mol. The predicted octanol–water partition coefficient (Wildman–Crippen LogP) is 1.34. The van der Waals surface area contributed by atoms with Gasteiger partial charge in [-0.1, -0.05) is 6.42 Å². The van der Waals surface area contributed by atoms with Crippen LogP contribution in [0.15, 0.2) is 16.9 Å². The van der Waals surface area contributed by atoms with Gasteiger partial charge in [-0.2, -0.15) is 0 Å². The van der Waals surface area contributed by atoms with Crippen molar-refractivity contribution in [3.05, 3.63) is 33.7 Å². The zero-order valence-corrected chi connectivity index (χ0v) is 7.62. The fraction of sp³-hybridized carbons (Fsp3) is 0.400. The molecule has 14 heavy (non-hydrogen) atoms. The Labute approximate surface area is 80.6 Å². The van der Waals surface area contributed by atoms with Crippen molar-refractivity contribution in [1.82, 2.24) is 4.98 Å². The molecule has 2 rings (SSSR count). The molecular formula is C10H11NO3. The molecule has 74 valence electrons. The first-order valence-corrected chi connectivity index (χ1v) is 4.65. The lowest BCUT2D eigenvalue weighted by Crippen LogP contribution is -2.21. The number of carbonyl (C=O) groups is 1. The van der Waals surface area contributed by atoms with Gasteiger partial charge in [0.15, 0.2) is 0 Å². The first kappa shape index (κ1) is 8.99. The molecule has 0 spiro atoms. The Hall–Kier alpha value is -1.58. The fourth-order valence-electron chi connectivity index (χ4n) is 1.61. The molecule has 1 aromatic rings. The van der Waals surface area contributed by atoms with Crippen molar-refractivity contribution < 1.29 is 9.90 Å². The van der Waals surface area contributed by atoms with E-state index in [1.165, 1.54) is 12.5 Å². The molecular weight excluding hydrogens is 182 g/mol. The van der Waals surface area contributed by atoms with Crippen LogP contribution in [-0.4, -0.2) is 16.1 Å². The minimum Gasteiger partial charge on any atom is -0.477 e. The van der Waals surface area contributed by atoms with E-state index in [9.17, 15) is 9.59 Å². The summed E-state index contributed by atoms with van der Waals surface area (Å²) in [6, 6.07) is 3.09. The van der Waals surface area contributed by atoms with Gasteiger partial charge >= 0.3 is 5.97 Å². The third-order valence-corrected chi connectivity index (χ3v) is 2.71. The highest BCUT2D eigenvalue weighted by atomic mass is 16.4. The monoisotopic (exact) mass is 193 g/mol. The Morgan fingerprint density at radius 2 is 2.14 bits per heavy atom. The van der Waals surface area contributed by atoms with Crippen molar-refractivity contribution in [2.75, 3.05) is 0 Å². The molecule has 0 radical (unpaired) electrons. The van der Waals surface area contributed by atoms with E-state index in [4.69, 9.17) is 5.11 Å². The maximum absolute atomic E-state index is 11.3. The van der Waals surface area contributed by atoms with Crippen molar-refractivity contribution >= 4 is 5.97 Å². The van der Waals surface area contributed by atoms with Crippen molar-refractivity contribution in [3.8, 4) is 0 Å². The number of carboxylic acids is 1. The van der Waals surface area contributed by atoms with Crippen LogP contribution in [0.2, 0.25) is 0 Å². The van der Waals surface area contributed by atoms with Crippen LogP contribution in [-0.2, 0) is 0 Å². The maximum atomic E-state index is 11.3. The topological polar surface area (TPSA) is 70.2 Å². The molecule has 4 heteroatoms. The molecule has 1 aromatic heterocycles. The molecule has 0 aromatic carbocycles. The minimum atomic E-state index is -1.17. The second-order valence-electron chi connectivity index (χ2n) is 3.59. The average Bonchev–Trinajstić information content (AvgIpc) is 2.00. The van der Waals surface area contributed by atoms with Gasteiger partial charge in [-0.05, 0) is 30.9 Å². The summed E-state index contributed by atoms with van der Waals surface area (Å²) in [5.41, 5.74) is 0.182. The normalized spacial score (nSPS) is 16.3. The summed E-state index contributed by atoms with van der Waals surface area (Å²) in [6.07, 6.45) is 3.36. The standard InChI is InChI=1S/C10H11NO3/c12-9-7(10(13)14)4-5-8(11-9)6-2-1-3-6/h4-6H,1-3H2,(H,11,12)(H,13,14). The van der Waals surface area contributed by atoms with Gasteiger partial charge in [0.1, 0.15) is 5.56 Å². The molecule has 0 unspecified atom stereocenters. The summed E-state index contributed by atoms with van der Waals surface area (Å²) >= 11 is 0. The van der Waals surface area contributed by atoms with Crippen LogP contribution in [0.3, 0.4) is 0 Å². The summed E-state index contributed by atoms with van der Waals surface area (Å²) in [5.74, 6) is -0.753. The van der Waals surface area contributed by atoms with Gasteiger partial charge in [0.25, 0.3) is 5.56 Å². The first-order chi connectivity index (χ1) is 6.68. The molecule has 1 heterocycles. The zero-order chi connectivity index (χ0) is 10.1. The van der Waals surface area contributed by atoms with E-state index in [0.29, 0.717) is 5.92 Å². The van der Waals surface area contributed by atoms with Crippen molar-refractivity contribution in [1.29, 1.82) is 0 Å². The van der Waals surface area contributed by atoms with Crippen molar-refractivity contribution in [2.24, 2.45) is 0 Å². The van der Waals surface area contributed by atoms with E-state index in [1.807, 2.05) is 0 Å². The molecule has 2 N–H and O–H groups in total. The van der Waals surface area contributed by atoms with E-state index in [-0.39, 0.29) is 5.56 Å². The molecule has 1 saturated carbocycles. The maximum Gasteiger partial charge on any atom is 0.341 e. The Morgan fingerprint density at radius 1 is 1.43 bits per heavy atom. The van der Waals surface area contributed by atoms with Gasteiger partial charge in [0.2, 0.25) is 0 Å². The van der Waals surface area contributed by atoms with E-state index >= 15 is 0 Å². The number of rotatable bonds is 2. The van der Waals surface area contributed by atoms with Crippen LogP contribution >= 0.6 is 0 Å². The number of nitrogens with one attached hydrogen (secondary N) is 1. The molecule has 0 aliphatic heterocycles. The van der Waals surface area contributed by atoms with Crippen molar-refractivity contribution in [3.63, 3.8) is 0 Å². The van der Waals surface area contributed by atoms with E-state index in [2.05, 4.69) is 4.98 Å². The van der Waals surface area contributed by atoms with E-state index in [1.54, 1.807) is 6.07 Å². The van der Waals surface area contributed by atoms with Gasteiger partial charge < -0.3 is 10.1 Å². The molecule has 1 fully saturated rings. The van der Waals surface area contributed by atoms with Crippen LogP contribution in [0, 0.1) is 0 Å². The molecule has 0 bridgehead atoms. The van der Waals surface area contributed by atoms with Gasteiger partial charge in [0, 0.05) is 5.69 Å². The van der Waals surface area contributed by atoms with Gasteiger partial charge in [0.05, 0.1) is 0 Å². The Bertz CT molecular complexity index is 418. The fourth-order valence-corrected chi connectivity index (χ4v) is 1.61. The summed E-state index contributed by atoms with van der Waals surface area (Å²) in [7, 11) is 0. The number of hydrogen-bond acceptors (Lipinski definition) is 2. The molecule has 4 nitrogen and oxygen atoms in total. The number of carboxylic acid groups (broad SMARTS) is 1. The van der Waals surface area contributed by atoms with Crippen LogP contribution < -0.4 is 5.56 Å². The highest BCUT2D eigenvalue weighted by Crippen LogP contribution is 2.34. The lowest BCUT2D eigenvalue weighted by Gasteiger charge is -2.25. The van der Waals surface area contributed by atoms with Crippen LogP contribution in [0.4, 0.5) is 0 Å². The summed E-state index contributed by atoms with van der Waals surface area (Å²) in [5, 5.41) is 8.65. The third kappa shape index (κ3) is 1.43. The highest BCUT2D eigenvalue weighted by molar-refractivity contribution is 5.86. The molecule has 1 aliphatic rings. The highest BCUT2D eigenvalue weighted by Gasteiger charge is 2.21. The van der Waals surface area contributed by atoms with Crippen LogP contribution in [0.5, 0.6) is 0 Å².